The average Bonchev–Trinajstić information content (AvgIpc) is 2.44. The minimum Gasteiger partial charge on any atom is -0.466 e. The van der Waals surface area contributed by atoms with Crippen molar-refractivity contribution in [2.75, 3.05) is 12.4 Å². The van der Waals surface area contributed by atoms with Gasteiger partial charge in [-0.25, -0.2) is 9.78 Å². The number of hydrogen-bond donors (Lipinski definition) is 2. The van der Waals surface area contributed by atoms with Crippen molar-refractivity contribution in [3.05, 3.63) is 23.9 Å². The molecular formula is C13H16F3N3O3. The molecule has 0 radical (unpaired) electrons. The Bertz CT molecular complexity index is 563. The molecule has 0 saturated heterocycles. The van der Waals surface area contributed by atoms with Gasteiger partial charge in [-0.15, -0.1) is 0 Å². The molecule has 0 aliphatic heterocycles. The number of methoxy groups -OCH3 is 1. The van der Waals surface area contributed by atoms with E-state index in [-0.39, 0.29) is 12.2 Å². The highest BCUT2D eigenvalue weighted by Crippen LogP contribution is 2.32. The lowest BCUT2D eigenvalue weighted by Gasteiger charge is -2.34. The first-order chi connectivity index (χ1) is 10.2. The maximum atomic E-state index is 13.5. The van der Waals surface area contributed by atoms with Crippen molar-refractivity contribution in [3.8, 4) is 0 Å². The minimum absolute atomic E-state index is 0.223. The molecule has 1 heterocycles. The third kappa shape index (κ3) is 3.66. The summed E-state index contributed by atoms with van der Waals surface area (Å²) in [6, 6.07) is 4.28. The van der Waals surface area contributed by atoms with Gasteiger partial charge >= 0.3 is 17.8 Å². The van der Waals surface area contributed by atoms with Crippen LogP contribution in [0.3, 0.4) is 0 Å². The number of ether oxygens (including phenoxy) is 1. The molecule has 6 nitrogen and oxygen atoms in total. The van der Waals surface area contributed by atoms with E-state index in [0.717, 1.165) is 7.11 Å². The molecule has 1 aromatic heterocycles. The predicted molar refractivity (Wildman–Crippen MR) is 71.8 cm³/mol. The second kappa shape index (κ2) is 6.63. The van der Waals surface area contributed by atoms with Crippen LogP contribution in [0.5, 0.6) is 0 Å². The molecule has 0 aromatic carbocycles. The van der Waals surface area contributed by atoms with Crippen LogP contribution in [0.2, 0.25) is 0 Å². The number of carbonyl (C=O) groups is 2. The fraction of sp³-hybridized carbons (Fsp3) is 0.462. The van der Waals surface area contributed by atoms with E-state index in [4.69, 9.17) is 0 Å². The first-order valence-electron chi connectivity index (χ1n) is 6.34. The third-order valence-electron chi connectivity index (χ3n) is 2.77. The Hall–Kier alpha value is -2.32. The Balaban J connectivity index is 3.35. The van der Waals surface area contributed by atoms with Crippen LogP contribution in [0.15, 0.2) is 18.2 Å². The molecule has 1 unspecified atom stereocenters. The van der Waals surface area contributed by atoms with Gasteiger partial charge in [0.15, 0.2) is 0 Å². The molecule has 0 spiro atoms. The van der Waals surface area contributed by atoms with Crippen LogP contribution >= 0.6 is 0 Å². The molecule has 1 rings (SSSR count). The van der Waals surface area contributed by atoms with Gasteiger partial charge in [0.2, 0.25) is 5.91 Å². The summed E-state index contributed by atoms with van der Waals surface area (Å²) in [6.07, 6.45) is -5.38. The first kappa shape index (κ1) is 17.7. The van der Waals surface area contributed by atoms with Crippen LogP contribution in [0.1, 0.15) is 19.0 Å². The van der Waals surface area contributed by atoms with Gasteiger partial charge in [-0.1, -0.05) is 13.0 Å². The summed E-state index contributed by atoms with van der Waals surface area (Å²) >= 11 is 0. The van der Waals surface area contributed by atoms with E-state index in [0.29, 0.717) is 5.69 Å². The van der Waals surface area contributed by atoms with E-state index in [1.54, 1.807) is 18.3 Å². The highest BCUT2D eigenvalue weighted by Gasteiger charge is 2.63. The number of pyridine rings is 1. The van der Waals surface area contributed by atoms with Crippen LogP contribution in [0.25, 0.3) is 0 Å². The molecule has 122 valence electrons. The molecule has 0 aliphatic carbocycles. The number of esters is 1. The summed E-state index contributed by atoms with van der Waals surface area (Å²) < 4.78 is 44.7. The van der Waals surface area contributed by atoms with E-state index < -0.39 is 23.7 Å². The Kier molecular flexibility index (Phi) is 5.34. The van der Waals surface area contributed by atoms with Gasteiger partial charge in [0.1, 0.15) is 5.82 Å². The monoisotopic (exact) mass is 319 g/mol. The number of nitrogens with zero attached hydrogens (tertiary/aromatic N) is 1. The zero-order valence-electron chi connectivity index (χ0n) is 12.2. The smallest absolute Gasteiger partial charge is 0.441 e. The number of nitrogens with one attached hydrogen (secondary N) is 2. The number of aromatic nitrogens is 1. The van der Waals surface area contributed by atoms with Crippen molar-refractivity contribution in [2.45, 2.75) is 32.1 Å². The van der Waals surface area contributed by atoms with E-state index in [2.05, 4.69) is 9.72 Å². The maximum absolute atomic E-state index is 13.5. The molecule has 0 aliphatic rings. The number of aryl methyl sites for hydroxylation is 1. The molecule has 22 heavy (non-hydrogen) atoms. The van der Waals surface area contributed by atoms with Crippen molar-refractivity contribution >= 4 is 17.7 Å². The normalized spacial score (nSPS) is 13.9. The molecular weight excluding hydrogens is 303 g/mol. The summed E-state index contributed by atoms with van der Waals surface area (Å²) in [7, 11) is 0.798. The van der Waals surface area contributed by atoms with Gasteiger partial charge in [0.05, 0.1) is 7.11 Å². The van der Waals surface area contributed by atoms with Gasteiger partial charge < -0.3 is 15.4 Å². The zero-order valence-corrected chi connectivity index (χ0v) is 12.2. The lowest BCUT2D eigenvalue weighted by atomic mass is 10.1. The number of amides is 1. The summed E-state index contributed by atoms with van der Waals surface area (Å²) in [5, 5.41) is 3.60. The van der Waals surface area contributed by atoms with Crippen LogP contribution in [0, 0.1) is 6.92 Å². The molecule has 1 atom stereocenters. The molecule has 2 N–H and O–H groups in total. The SMILES string of the molecule is CCC(=O)NC(Nc1cccc(C)n1)(C(=O)OC)C(F)(F)F. The van der Waals surface area contributed by atoms with E-state index in [1.807, 2.05) is 5.32 Å². The van der Waals surface area contributed by atoms with Crippen molar-refractivity contribution in [2.24, 2.45) is 0 Å². The molecule has 1 amide bonds. The van der Waals surface area contributed by atoms with Crippen LogP contribution in [-0.2, 0) is 14.3 Å². The molecule has 0 bridgehead atoms. The van der Waals surface area contributed by atoms with Crippen molar-refractivity contribution in [1.29, 1.82) is 0 Å². The van der Waals surface area contributed by atoms with Crippen LogP contribution in [-0.4, -0.2) is 35.8 Å². The highest BCUT2D eigenvalue weighted by molar-refractivity contribution is 5.91. The zero-order chi connectivity index (χ0) is 17.0. The Morgan fingerprint density at radius 3 is 2.41 bits per heavy atom. The highest BCUT2D eigenvalue weighted by atomic mass is 19.4. The standard InChI is InChI=1S/C13H16F3N3O3/c1-4-10(20)19-12(11(21)22-3,13(14,15)16)18-9-7-5-6-8(2)17-9/h5-7H,4H2,1-3H3,(H,17,18)(H,19,20). The fourth-order valence-corrected chi connectivity index (χ4v) is 1.65. The second-order valence-corrected chi connectivity index (χ2v) is 4.43. The maximum Gasteiger partial charge on any atom is 0.441 e. The quantitative estimate of drug-likeness (QED) is 0.638. The first-order valence-corrected chi connectivity index (χ1v) is 6.34. The van der Waals surface area contributed by atoms with Crippen LogP contribution in [0.4, 0.5) is 19.0 Å². The third-order valence-corrected chi connectivity index (χ3v) is 2.77. The fourth-order valence-electron chi connectivity index (χ4n) is 1.65. The Labute approximate surface area is 125 Å². The summed E-state index contributed by atoms with van der Waals surface area (Å²) in [4.78, 5) is 27.1. The summed E-state index contributed by atoms with van der Waals surface area (Å²) in [6.45, 7) is 2.93. The molecule has 1 aromatic rings. The lowest BCUT2D eigenvalue weighted by molar-refractivity contribution is -0.206. The van der Waals surface area contributed by atoms with Crippen molar-refractivity contribution < 1.29 is 27.5 Å². The molecule has 0 saturated carbocycles. The van der Waals surface area contributed by atoms with E-state index in [1.165, 1.54) is 19.1 Å². The number of rotatable bonds is 5. The van der Waals surface area contributed by atoms with Crippen molar-refractivity contribution in [3.63, 3.8) is 0 Å². The number of halogens is 3. The summed E-state index contributed by atoms with van der Waals surface area (Å²) in [5.41, 5.74) is -2.97. The van der Waals surface area contributed by atoms with Gasteiger partial charge in [-0.2, -0.15) is 13.2 Å². The van der Waals surface area contributed by atoms with Crippen LogP contribution < -0.4 is 10.6 Å². The Morgan fingerprint density at radius 1 is 1.32 bits per heavy atom. The molecule has 0 fully saturated rings. The van der Waals surface area contributed by atoms with Gasteiger partial charge in [0.25, 0.3) is 0 Å². The minimum atomic E-state index is -5.14. The molecule has 9 heteroatoms. The van der Waals surface area contributed by atoms with E-state index in [9.17, 15) is 22.8 Å². The number of hydrogen-bond acceptors (Lipinski definition) is 5. The van der Waals surface area contributed by atoms with Gasteiger partial charge in [-0.05, 0) is 19.1 Å². The van der Waals surface area contributed by atoms with Gasteiger partial charge in [0, 0.05) is 12.1 Å². The predicted octanol–water partition coefficient (Wildman–Crippen LogP) is 1.76. The number of carbonyl (C=O) groups excluding carboxylic acids is 2. The van der Waals surface area contributed by atoms with Gasteiger partial charge in [-0.3, -0.25) is 4.79 Å². The number of alkyl halides is 3. The average molecular weight is 319 g/mol. The van der Waals surface area contributed by atoms with Crippen molar-refractivity contribution in [1.82, 2.24) is 10.3 Å². The topological polar surface area (TPSA) is 80.3 Å². The number of anilines is 1. The largest absolute Gasteiger partial charge is 0.466 e. The lowest BCUT2D eigenvalue weighted by Crippen LogP contribution is -2.69. The Morgan fingerprint density at radius 2 is 1.95 bits per heavy atom. The second-order valence-electron chi connectivity index (χ2n) is 4.43. The summed E-state index contributed by atoms with van der Waals surface area (Å²) in [5.74, 6) is -2.88. The van der Waals surface area contributed by atoms with E-state index >= 15 is 0 Å².